The molecule has 0 amide bonds. The largest absolute Gasteiger partial charge is 0.314 e. The SMILES string of the molecule is [CH2]C(c1ccccc1)N1CCNCC1. The minimum atomic E-state index is 0.304. The van der Waals surface area contributed by atoms with Crippen LogP contribution in [0.2, 0.25) is 0 Å². The van der Waals surface area contributed by atoms with Gasteiger partial charge in [0.25, 0.3) is 0 Å². The average Bonchev–Trinajstić information content (AvgIpc) is 2.30. The molecule has 1 aromatic rings. The molecule has 0 bridgehead atoms. The van der Waals surface area contributed by atoms with E-state index in [2.05, 4.69) is 41.4 Å². The number of nitrogens with one attached hydrogen (secondary N) is 1. The van der Waals surface area contributed by atoms with Crippen LogP contribution in [0.3, 0.4) is 0 Å². The molecule has 1 unspecified atom stereocenters. The molecule has 2 rings (SSSR count). The second-order valence-corrected chi connectivity index (χ2v) is 3.71. The van der Waals surface area contributed by atoms with E-state index >= 15 is 0 Å². The Labute approximate surface area is 85.9 Å². The molecule has 1 N–H and O–H groups in total. The molecule has 1 radical (unpaired) electrons. The second kappa shape index (κ2) is 4.58. The average molecular weight is 189 g/mol. The summed E-state index contributed by atoms with van der Waals surface area (Å²) < 4.78 is 0. The molecular weight excluding hydrogens is 172 g/mol. The standard InChI is InChI=1S/C12H17N2/c1-11(12-5-3-2-4-6-12)14-9-7-13-8-10-14/h2-6,11,13H,1,7-10H2. The number of hydrogen-bond acceptors (Lipinski definition) is 2. The first-order valence-corrected chi connectivity index (χ1v) is 5.21. The van der Waals surface area contributed by atoms with Crippen LogP contribution in [0.15, 0.2) is 30.3 Å². The van der Waals surface area contributed by atoms with E-state index in [4.69, 9.17) is 0 Å². The van der Waals surface area contributed by atoms with Crippen molar-refractivity contribution in [3.05, 3.63) is 42.8 Å². The van der Waals surface area contributed by atoms with Crippen LogP contribution in [0.4, 0.5) is 0 Å². The Hall–Kier alpha value is -0.860. The minimum absolute atomic E-state index is 0.304. The highest BCUT2D eigenvalue weighted by Crippen LogP contribution is 2.18. The molecule has 1 atom stereocenters. The summed E-state index contributed by atoms with van der Waals surface area (Å²) in [5, 5.41) is 3.35. The summed E-state index contributed by atoms with van der Waals surface area (Å²) in [6.07, 6.45) is 0. The zero-order valence-electron chi connectivity index (χ0n) is 8.45. The molecule has 0 aliphatic carbocycles. The lowest BCUT2D eigenvalue weighted by Crippen LogP contribution is -2.44. The Morgan fingerprint density at radius 3 is 2.43 bits per heavy atom. The van der Waals surface area contributed by atoms with Crippen LogP contribution in [0.25, 0.3) is 0 Å². The lowest BCUT2D eigenvalue weighted by Gasteiger charge is -2.32. The van der Waals surface area contributed by atoms with E-state index in [1.54, 1.807) is 0 Å². The molecule has 0 aromatic heterocycles. The summed E-state index contributed by atoms with van der Waals surface area (Å²) in [6, 6.07) is 10.8. The highest BCUT2D eigenvalue weighted by atomic mass is 15.2. The number of benzene rings is 1. The maximum absolute atomic E-state index is 4.23. The maximum Gasteiger partial charge on any atom is 0.0349 e. The Bertz CT molecular complexity index is 265. The van der Waals surface area contributed by atoms with Crippen LogP contribution < -0.4 is 5.32 Å². The number of rotatable bonds is 2. The third kappa shape index (κ3) is 2.14. The molecule has 1 aromatic carbocycles. The summed E-state index contributed by atoms with van der Waals surface area (Å²) in [5.74, 6) is 0. The number of hydrogen-bond donors (Lipinski definition) is 1. The minimum Gasteiger partial charge on any atom is -0.314 e. The molecule has 2 heteroatoms. The third-order valence-electron chi connectivity index (χ3n) is 2.78. The molecule has 0 saturated carbocycles. The quantitative estimate of drug-likeness (QED) is 0.758. The van der Waals surface area contributed by atoms with Gasteiger partial charge in [0.15, 0.2) is 0 Å². The normalized spacial score (nSPS) is 20.6. The Morgan fingerprint density at radius 1 is 1.14 bits per heavy atom. The van der Waals surface area contributed by atoms with Crippen LogP contribution in [0.1, 0.15) is 11.6 Å². The van der Waals surface area contributed by atoms with Crippen molar-refractivity contribution in [1.29, 1.82) is 0 Å². The van der Waals surface area contributed by atoms with Crippen molar-refractivity contribution in [2.24, 2.45) is 0 Å². The van der Waals surface area contributed by atoms with Gasteiger partial charge in [-0.15, -0.1) is 0 Å². The van der Waals surface area contributed by atoms with E-state index in [1.807, 2.05) is 6.07 Å². The van der Waals surface area contributed by atoms with Crippen molar-refractivity contribution in [2.45, 2.75) is 6.04 Å². The van der Waals surface area contributed by atoms with Gasteiger partial charge in [-0.3, -0.25) is 4.90 Å². The summed E-state index contributed by atoms with van der Waals surface area (Å²) >= 11 is 0. The van der Waals surface area contributed by atoms with Crippen molar-refractivity contribution in [2.75, 3.05) is 26.2 Å². The van der Waals surface area contributed by atoms with Gasteiger partial charge in [0.05, 0.1) is 0 Å². The number of piperazine rings is 1. The van der Waals surface area contributed by atoms with Gasteiger partial charge in [0.2, 0.25) is 0 Å². The lowest BCUT2D eigenvalue weighted by atomic mass is 10.1. The van der Waals surface area contributed by atoms with Gasteiger partial charge in [0, 0.05) is 32.2 Å². The first kappa shape index (κ1) is 9.69. The molecule has 2 nitrogen and oxygen atoms in total. The van der Waals surface area contributed by atoms with Gasteiger partial charge in [-0.25, -0.2) is 0 Å². The van der Waals surface area contributed by atoms with Crippen LogP contribution >= 0.6 is 0 Å². The van der Waals surface area contributed by atoms with E-state index in [0.717, 1.165) is 26.2 Å². The van der Waals surface area contributed by atoms with Gasteiger partial charge in [-0.05, 0) is 12.5 Å². The zero-order valence-corrected chi connectivity index (χ0v) is 8.45. The Balaban J connectivity index is 2.03. The van der Waals surface area contributed by atoms with Crippen molar-refractivity contribution in [3.63, 3.8) is 0 Å². The summed E-state index contributed by atoms with van der Waals surface area (Å²) in [4.78, 5) is 2.42. The van der Waals surface area contributed by atoms with E-state index in [1.165, 1.54) is 5.56 Å². The summed E-state index contributed by atoms with van der Waals surface area (Å²) in [7, 11) is 0. The van der Waals surface area contributed by atoms with Crippen LogP contribution in [-0.4, -0.2) is 31.1 Å². The van der Waals surface area contributed by atoms with Gasteiger partial charge < -0.3 is 5.32 Å². The van der Waals surface area contributed by atoms with Gasteiger partial charge in [0.1, 0.15) is 0 Å². The molecule has 1 aliphatic rings. The fraction of sp³-hybridized carbons (Fsp3) is 0.417. The van der Waals surface area contributed by atoms with Crippen LogP contribution in [0.5, 0.6) is 0 Å². The number of nitrogens with zero attached hydrogens (tertiary/aromatic N) is 1. The van der Waals surface area contributed by atoms with E-state index in [0.29, 0.717) is 6.04 Å². The van der Waals surface area contributed by atoms with Crippen molar-refractivity contribution in [1.82, 2.24) is 10.2 Å². The smallest absolute Gasteiger partial charge is 0.0349 e. The molecule has 1 fully saturated rings. The molecule has 0 spiro atoms. The molecule has 1 heterocycles. The molecule has 14 heavy (non-hydrogen) atoms. The Morgan fingerprint density at radius 2 is 1.79 bits per heavy atom. The Kier molecular flexibility index (Phi) is 3.17. The first-order valence-electron chi connectivity index (χ1n) is 5.21. The van der Waals surface area contributed by atoms with Gasteiger partial charge in [-0.2, -0.15) is 0 Å². The topological polar surface area (TPSA) is 15.3 Å². The van der Waals surface area contributed by atoms with Crippen molar-refractivity contribution < 1.29 is 0 Å². The predicted molar refractivity (Wildman–Crippen MR) is 59.0 cm³/mol. The lowest BCUT2D eigenvalue weighted by molar-refractivity contribution is 0.202. The summed E-state index contributed by atoms with van der Waals surface area (Å²) in [6.45, 7) is 8.60. The van der Waals surface area contributed by atoms with Gasteiger partial charge in [-0.1, -0.05) is 30.3 Å². The predicted octanol–water partition coefficient (Wildman–Crippen LogP) is 1.47. The van der Waals surface area contributed by atoms with E-state index in [-0.39, 0.29) is 0 Å². The summed E-state index contributed by atoms with van der Waals surface area (Å²) in [5.41, 5.74) is 1.31. The highest BCUT2D eigenvalue weighted by Gasteiger charge is 2.17. The van der Waals surface area contributed by atoms with E-state index < -0.39 is 0 Å². The van der Waals surface area contributed by atoms with E-state index in [9.17, 15) is 0 Å². The fourth-order valence-electron chi connectivity index (χ4n) is 1.88. The zero-order chi connectivity index (χ0) is 9.80. The fourth-order valence-corrected chi connectivity index (χ4v) is 1.88. The molecular formula is C12H17N2. The highest BCUT2D eigenvalue weighted by molar-refractivity contribution is 5.19. The second-order valence-electron chi connectivity index (χ2n) is 3.71. The third-order valence-corrected chi connectivity index (χ3v) is 2.78. The first-order chi connectivity index (χ1) is 6.88. The monoisotopic (exact) mass is 189 g/mol. The van der Waals surface area contributed by atoms with Crippen LogP contribution in [0, 0.1) is 6.92 Å². The maximum atomic E-state index is 4.23. The van der Waals surface area contributed by atoms with Gasteiger partial charge >= 0.3 is 0 Å². The molecule has 75 valence electrons. The van der Waals surface area contributed by atoms with Crippen molar-refractivity contribution in [3.8, 4) is 0 Å². The molecule has 1 aliphatic heterocycles. The molecule has 1 saturated heterocycles. The van der Waals surface area contributed by atoms with Crippen LogP contribution in [-0.2, 0) is 0 Å². The van der Waals surface area contributed by atoms with Crippen molar-refractivity contribution >= 4 is 0 Å².